The first-order chi connectivity index (χ1) is 4.77. The molecule has 0 aliphatic heterocycles. The Morgan fingerprint density at radius 3 is 2.60 bits per heavy atom. The van der Waals surface area contributed by atoms with Gasteiger partial charge in [0, 0.05) is 5.92 Å². The van der Waals surface area contributed by atoms with Crippen LogP contribution in [0.1, 0.15) is 33.1 Å². The van der Waals surface area contributed by atoms with Crippen molar-refractivity contribution in [2.75, 3.05) is 0 Å². The molecule has 1 nitrogen and oxygen atoms in total. The van der Waals surface area contributed by atoms with Gasteiger partial charge in [-0.25, -0.2) is 0 Å². The van der Waals surface area contributed by atoms with E-state index in [2.05, 4.69) is 19.9 Å². The van der Waals surface area contributed by atoms with E-state index < -0.39 is 0 Å². The summed E-state index contributed by atoms with van der Waals surface area (Å²) in [5.41, 5.74) is 0. The first-order valence-corrected chi connectivity index (χ1v) is 4.17. The zero-order chi connectivity index (χ0) is 7.56. The summed E-state index contributed by atoms with van der Waals surface area (Å²) in [5, 5.41) is 8.74. The number of nitrogens with zero attached hydrogens (tertiary/aromatic N) is 1. The van der Waals surface area contributed by atoms with E-state index >= 15 is 0 Å². The van der Waals surface area contributed by atoms with Crippen LogP contribution in [0.15, 0.2) is 0 Å². The van der Waals surface area contributed by atoms with Gasteiger partial charge in [0.1, 0.15) is 0 Å². The molecule has 1 aliphatic carbocycles. The number of rotatable bonds is 1. The van der Waals surface area contributed by atoms with Crippen molar-refractivity contribution in [1.82, 2.24) is 0 Å². The molecule has 0 bridgehead atoms. The SMILES string of the molecule is CCC1CC(C)CC1C#N. The van der Waals surface area contributed by atoms with E-state index in [0.29, 0.717) is 11.8 Å². The van der Waals surface area contributed by atoms with Crippen molar-refractivity contribution in [2.24, 2.45) is 17.8 Å². The Labute approximate surface area is 63.0 Å². The van der Waals surface area contributed by atoms with Gasteiger partial charge < -0.3 is 0 Å². The highest BCUT2D eigenvalue weighted by Crippen LogP contribution is 2.37. The molecule has 0 N–H and O–H groups in total. The molecule has 0 aromatic carbocycles. The Bertz CT molecular complexity index is 145. The topological polar surface area (TPSA) is 23.8 Å². The molecule has 0 aromatic rings. The molecule has 0 amide bonds. The number of hydrogen-bond acceptors (Lipinski definition) is 1. The lowest BCUT2D eigenvalue weighted by atomic mass is 9.95. The van der Waals surface area contributed by atoms with Crippen LogP contribution in [-0.4, -0.2) is 0 Å². The van der Waals surface area contributed by atoms with Crippen molar-refractivity contribution in [3.05, 3.63) is 0 Å². The molecule has 3 atom stereocenters. The maximum Gasteiger partial charge on any atom is 0.0658 e. The molecule has 0 saturated heterocycles. The first-order valence-electron chi connectivity index (χ1n) is 4.17. The van der Waals surface area contributed by atoms with E-state index in [1.54, 1.807) is 0 Å². The largest absolute Gasteiger partial charge is 0.198 e. The quantitative estimate of drug-likeness (QED) is 0.545. The molecular formula is C9H15N. The Morgan fingerprint density at radius 2 is 2.20 bits per heavy atom. The second-order valence-electron chi connectivity index (χ2n) is 3.48. The highest BCUT2D eigenvalue weighted by molar-refractivity contribution is 4.93. The van der Waals surface area contributed by atoms with Crippen molar-refractivity contribution in [3.8, 4) is 6.07 Å². The average molecular weight is 137 g/mol. The highest BCUT2D eigenvalue weighted by atomic mass is 14.4. The normalized spacial score (nSPS) is 39.5. The van der Waals surface area contributed by atoms with E-state index in [4.69, 9.17) is 5.26 Å². The molecule has 56 valence electrons. The fourth-order valence-corrected chi connectivity index (χ4v) is 2.01. The number of nitriles is 1. The Hall–Kier alpha value is -0.510. The minimum atomic E-state index is 0.361. The molecule has 0 radical (unpaired) electrons. The summed E-state index contributed by atoms with van der Waals surface area (Å²) >= 11 is 0. The van der Waals surface area contributed by atoms with Gasteiger partial charge in [-0.2, -0.15) is 5.26 Å². The molecule has 1 aliphatic rings. The van der Waals surface area contributed by atoms with Crippen molar-refractivity contribution < 1.29 is 0 Å². The first kappa shape index (κ1) is 7.60. The third-order valence-corrected chi connectivity index (χ3v) is 2.62. The summed E-state index contributed by atoms with van der Waals surface area (Å²) in [6.07, 6.45) is 3.59. The van der Waals surface area contributed by atoms with Crippen molar-refractivity contribution in [3.63, 3.8) is 0 Å². The van der Waals surface area contributed by atoms with E-state index in [1.807, 2.05) is 0 Å². The summed E-state index contributed by atoms with van der Waals surface area (Å²) in [6.45, 7) is 4.44. The predicted molar refractivity (Wildman–Crippen MR) is 41.3 cm³/mol. The summed E-state index contributed by atoms with van der Waals surface area (Å²) < 4.78 is 0. The lowest BCUT2D eigenvalue weighted by Gasteiger charge is -2.07. The maximum absolute atomic E-state index is 8.74. The average Bonchev–Trinajstić information content (AvgIpc) is 2.30. The lowest BCUT2D eigenvalue weighted by molar-refractivity contribution is 0.448. The van der Waals surface area contributed by atoms with Crippen LogP contribution in [0.4, 0.5) is 0 Å². The van der Waals surface area contributed by atoms with Crippen LogP contribution < -0.4 is 0 Å². The molecule has 0 spiro atoms. The molecule has 1 heteroatoms. The molecule has 10 heavy (non-hydrogen) atoms. The Morgan fingerprint density at radius 1 is 1.50 bits per heavy atom. The summed E-state index contributed by atoms with van der Waals surface area (Å²) in [5.74, 6) is 1.84. The minimum absolute atomic E-state index is 0.361. The summed E-state index contributed by atoms with van der Waals surface area (Å²) in [4.78, 5) is 0. The fourth-order valence-electron chi connectivity index (χ4n) is 2.01. The van der Waals surface area contributed by atoms with E-state index in [0.717, 1.165) is 12.3 Å². The third-order valence-electron chi connectivity index (χ3n) is 2.62. The second kappa shape index (κ2) is 3.05. The molecule has 0 aromatic heterocycles. The molecule has 0 heterocycles. The third kappa shape index (κ3) is 1.31. The van der Waals surface area contributed by atoms with Gasteiger partial charge in [-0.1, -0.05) is 20.3 Å². The van der Waals surface area contributed by atoms with Crippen LogP contribution in [0.3, 0.4) is 0 Å². The second-order valence-corrected chi connectivity index (χ2v) is 3.48. The van der Waals surface area contributed by atoms with Crippen LogP contribution in [0.25, 0.3) is 0 Å². The Kier molecular flexibility index (Phi) is 2.32. The monoisotopic (exact) mass is 137 g/mol. The van der Waals surface area contributed by atoms with Crippen molar-refractivity contribution in [1.29, 1.82) is 5.26 Å². The van der Waals surface area contributed by atoms with Crippen LogP contribution in [0, 0.1) is 29.1 Å². The number of hydrogen-bond donors (Lipinski definition) is 0. The van der Waals surface area contributed by atoms with E-state index in [9.17, 15) is 0 Å². The van der Waals surface area contributed by atoms with Gasteiger partial charge in [-0.3, -0.25) is 0 Å². The van der Waals surface area contributed by atoms with Gasteiger partial charge in [0.15, 0.2) is 0 Å². The van der Waals surface area contributed by atoms with Gasteiger partial charge >= 0.3 is 0 Å². The van der Waals surface area contributed by atoms with Crippen molar-refractivity contribution in [2.45, 2.75) is 33.1 Å². The Balaban J connectivity index is 2.51. The lowest BCUT2D eigenvalue weighted by Crippen LogP contribution is -2.02. The zero-order valence-corrected chi connectivity index (χ0v) is 6.80. The van der Waals surface area contributed by atoms with E-state index in [1.165, 1.54) is 12.8 Å². The fraction of sp³-hybridized carbons (Fsp3) is 0.889. The van der Waals surface area contributed by atoms with Gasteiger partial charge in [0.05, 0.1) is 6.07 Å². The van der Waals surface area contributed by atoms with Crippen LogP contribution >= 0.6 is 0 Å². The van der Waals surface area contributed by atoms with Gasteiger partial charge in [0.2, 0.25) is 0 Å². The predicted octanol–water partition coefficient (Wildman–Crippen LogP) is 2.58. The highest BCUT2D eigenvalue weighted by Gasteiger charge is 2.30. The van der Waals surface area contributed by atoms with Crippen LogP contribution in [0.5, 0.6) is 0 Å². The molecular weight excluding hydrogens is 122 g/mol. The van der Waals surface area contributed by atoms with Gasteiger partial charge in [-0.15, -0.1) is 0 Å². The molecule has 1 saturated carbocycles. The summed E-state index contributed by atoms with van der Waals surface area (Å²) in [7, 11) is 0. The van der Waals surface area contributed by atoms with E-state index in [-0.39, 0.29) is 0 Å². The minimum Gasteiger partial charge on any atom is -0.198 e. The molecule has 1 fully saturated rings. The standard InChI is InChI=1S/C9H15N/c1-3-8-4-7(2)5-9(8)6-10/h7-9H,3-5H2,1-2H3. The van der Waals surface area contributed by atoms with Crippen molar-refractivity contribution >= 4 is 0 Å². The summed E-state index contributed by atoms with van der Waals surface area (Å²) in [6, 6.07) is 2.40. The smallest absolute Gasteiger partial charge is 0.0658 e. The zero-order valence-electron chi connectivity index (χ0n) is 6.80. The van der Waals surface area contributed by atoms with Gasteiger partial charge in [0.25, 0.3) is 0 Å². The van der Waals surface area contributed by atoms with Gasteiger partial charge in [-0.05, 0) is 24.7 Å². The molecule has 1 rings (SSSR count). The molecule has 3 unspecified atom stereocenters. The van der Waals surface area contributed by atoms with Crippen LogP contribution in [-0.2, 0) is 0 Å². The van der Waals surface area contributed by atoms with Crippen LogP contribution in [0.2, 0.25) is 0 Å². The maximum atomic E-state index is 8.74.